The number of amides is 1. The molecule has 1 fully saturated rings. The van der Waals surface area contributed by atoms with Crippen LogP contribution in [0.2, 0.25) is 0 Å². The van der Waals surface area contributed by atoms with Crippen LogP contribution in [-0.2, 0) is 0 Å². The summed E-state index contributed by atoms with van der Waals surface area (Å²) in [5, 5.41) is 6.24. The quantitative estimate of drug-likeness (QED) is 0.769. The van der Waals surface area contributed by atoms with Gasteiger partial charge in [-0.05, 0) is 32.0 Å². The number of thiophene rings is 1. The highest BCUT2D eigenvalue weighted by atomic mass is 32.1. The summed E-state index contributed by atoms with van der Waals surface area (Å²) in [6, 6.07) is 4.18. The van der Waals surface area contributed by atoms with Crippen molar-refractivity contribution in [3.05, 3.63) is 21.9 Å². The van der Waals surface area contributed by atoms with Gasteiger partial charge in [-0.25, -0.2) is 0 Å². The van der Waals surface area contributed by atoms with Crippen molar-refractivity contribution in [1.29, 1.82) is 0 Å². The molecule has 2 N–H and O–H groups in total. The fraction of sp³-hybridized carbons (Fsp3) is 0.500. The lowest BCUT2D eigenvalue weighted by atomic mass is 10.2. The third-order valence-corrected chi connectivity index (χ3v) is 3.36. The minimum atomic E-state index is 0.0665. The number of hydrogen-bond acceptors (Lipinski definition) is 3. The Labute approximate surface area is 87.5 Å². The zero-order valence-corrected chi connectivity index (χ0v) is 8.99. The van der Waals surface area contributed by atoms with Crippen LogP contribution in [0.1, 0.15) is 21.0 Å². The zero-order valence-electron chi connectivity index (χ0n) is 8.17. The van der Waals surface area contributed by atoms with Crippen molar-refractivity contribution in [3.63, 3.8) is 0 Å². The van der Waals surface area contributed by atoms with E-state index in [0.717, 1.165) is 24.4 Å². The van der Waals surface area contributed by atoms with Gasteiger partial charge in [0.05, 0.1) is 4.88 Å². The van der Waals surface area contributed by atoms with Gasteiger partial charge in [-0.3, -0.25) is 4.79 Å². The Balaban J connectivity index is 1.95. The van der Waals surface area contributed by atoms with Gasteiger partial charge in [0.15, 0.2) is 0 Å². The topological polar surface area (TPSA) is 41.1 Å². The molecule has 2 rings (SSSR count). The summed E-state index contributed by atoms with van der Waals surface area (Å²) < 4.78 is 0. The Morgan fingerprint density at radius 3 is 3.07 bits per heavy atom. The molecule has 1 aliphatic heterocycles. The minimum absolute atomic E-state index is 0.0665. The van der Waals surface area contributed by atoms with Gasteiger partial charge in [-0.1, -0.05) is 0 Å². The highest BCUT2D eigenvalue weighted by molar-refractivity contribution is 7.13. The maximum atomic E-state index is 11.7. The molecule has 1 aliphatic rings. The summed E-state index contributed by atoms with van der Waals surface area (Å²) in [5.74, 6) is 0.0665. The van der Waals surface area contributed by atoms with Crippen molar-refractivity contribution >= 4 is 17.2 Å². The normalized spacial score (nSPS) is 21.1. The summed E-state index contributed by atoms with van der Waals surface area (Å²) in [6.45, 7) is 3.92. The predicted octanol–water partition coefficient (Wildman–Crippen LogP) is 1.15. The van der Waals surface area contributed by atoms with Crippen LogP contribution in [0.3, 0.4) is 0 Å². The Morgan fingerprint density at radius 1 is 1.64 bits per heavy atom. The third kappa shape index (κ3) is 2.13. The molecule has 2 heterocycles. The van der Waals surface area contributed by atoms with E-state index >= 15 is 0 Å². The first kappa shape index (κ1) is 9.68. The van der Waals surface area contributed by atoms with Crippen molar-refractivity contribution in [3.8, 4) is 0 Å². The Kier molecular flexibility index (Phi) is 2.84. The number of nitrogens with one attached hydrogen (secondary N) is 2. The first-order valence-corrected chi connectivity index (χ1v) is 5.65. The fourth-order valence-electron chi connectivity index (χ4n) is 1.59. The van der Waals surface area contributed by atoms with E-state index in [-0.39, 0.29) is 5.91 Å². The molecule has 1 saturated heterocycles. The molecule has 14 heavy (non-hydrogen) atoms. The largest absolute Gasteiger partial charge is 0.347 e. The minimum Gasteiger partial charge on any atom is -0.347 e. The molecule has 3 nitrogen and oxygen atoms in total. The van der Waals surface area contributed by atoms with E-state index in [1.807, 2.05) is 19.1 Å². The molecule has 0 spiro atoms. The fourth-order valence-corrected chi connectivity index (χ4v) is 2.36. The average molecular weight is 210 g/mol. The molecule has 4 heteroatoms. The molecular weight excluding hydrogens is 196 g/mol. The smallest absolute Gasteiger partial charge is 0.261 e. The van der Waals surface area contributed by atoms with Gasteiger partial charge in [0.2, 0.25) is 0 Å². The van der Waals surface area contributed by atoms with Gasteiger partial charge < -0.3 is 10.6 Å². The molecule has 0 aromatic carbocycles. The lowest BCUT2D eigenvalue weighted by Crippen LogP contribution is -2.35. The predicted molar refractivity (Wildman–Crippen MR) is 57.8 cm³/mol. The standard InChI is InChI=1S/C10H14N2OS/c1-7-2-3-9(14-7)10(13)12-8-4-5-11-6-8/h2-3,8,11H,4-6H2,1H3,(H,12,13). The summed E-state index contributed by atoms with van der Waals surface area (Å²) >= 11 is 1.55. The monoisotopic (exact) mass is 210 g/mol. The number of rotatable bonds is 2. The van der Waals surface area contributed by atoms with E-state index in [1.165, 1.54) is 4.88 Å². The van der Waals surface area contributed by atoms with Crippen LogP contribution in [-0.4, -0.2) is 25.0 Å². The Morgan fingerprint density at radius 2 is 2.50 bits per heavy atom. The van der Waals surface area contributed by atoms with E-state index in [9.17, 15) is 4.79 Å². The van der Waals surface area contributed by atoms with E-state index in [2.05, 4.69) is 10.6 Å². The lowest BCUT2D eigenvalue weighted by molar-refractivity contribution is 0.0944. The average Bonchev–Trinajstić information content (AvgIpc) is 2.75. The highest BCUT2D eigenvalue weighted by Crippen LogP contribution is 2.15. The summed E-state index contributed by atoms with van der Waals surface area (Å²) in [5.41, 5.74) is 0. The van der Waals surface area contributed by atoms with Crippen molar-refractivity contribution < 1.29 is 4.79 Å². The van der Waals surface area contributed by atoms with Crippen LogP contribution in [0.4, 0.5) is 0 Å². The maximum absolute atomic E-state index is 11.7. The number of carbonyl (C=O) groups is 1. The van der Waals surface area contributed by atoms with E-state index in [1.54, 1.807) is 11.3 Å². The van der Waals surface area contributed by atoms with Crippen molar-refractivity contribution in [2.75, 3.05) is 13.1 Å². The number of carbonyl (C=O) groups excluding carboxylic acids is 1. The SMILES string of the molecule is Cc1ccc(C(=O)NC2CCNC2)s1. The first-order chi connectivity index (χ1) is 6.75. The van der Waals surface area contributed by atoms with E-state index in [4.69, 9.17) is 0 Å². The number of aryl methyl sites for hydroxylation is 1. The summed E-state index contributed by atoms with van der Waals surface area (Å²) in [4.78, 5) is 13.7. The van der Waals surface area contributed by atoms with Crippen LogP contribution in [0, 0.1) is 6.92 Å². The van der Waals surface area contributed by atoms with Crippen LogP contribution < -0.4 is 10.6 Å². The molecule has 0 bridgehead atoms. The molecule has 1 aromatic heterocycles. The zero-order chi connectivity index (χ0) is 9.97. The molecule has 0 saturated carbocycles. The molecular formula is C10H14N2OS. The van der Waals surface area contributed by atoms with Gasteiger partial charge in [-0.2, -0.15) is 0 Å². The maximum Gasteiger partial charge on any atom is 0.261 e. The van der Waals surface area contributed by atoms with Crippen molar-refractivity contribution in [1.82, 2.24) is 10.6 Å². The van der Waals surface area contributed by atoms with Gasteiger partial charge >= 0.3 is 0 Å². The first-order valence-electron chi connectivity index (χ1n) is 4.84. The molecule has 1 unspecified atom stereocenters. The molecule has 1 aromatic rings. The van der Waals surface area contributed by atoms with Crippen LogP contribution in [0.5, 0.6) is 0 Å². The highest BCUT2D eigenvalue weighted by Gasteiger charge is 2.17. The van der Waals surface area contributed by atoms with E-state index < -0.39 is 0 Å². The molecule has 76 valence electrons. The Hall–Kier alpha value is -0.870. The second-order valence-electron chi connectivity index (χ2n) is 3.57. The molecule has 1 atom stereocenters. The van der Waals surface area contributed by atoms with Crippen LogP contribution in [0.25, 0.3) is 0 Å². The van der Waals surface area contributed by atoms with Crippen molar-refractivity contribution in [2.45, 2.75) is 19.4 Å². The van der Waals surface area contributed by atoms with Gasteiger partial charge in [-0.15, -0.1) is 11.3 Å². The third-order valence-electron chi connectivity index (χ3n) is 2.36. The van der Waals surface area contributed by atoms with Gasteiger partial charge in [0, 0.05) is 17.5 Å². The van der Waals surface area contributed by atoms with Crippen molar-refractivity contribution in [2.24, 2.45) is 0 Å². The second kappa shape index (κ2) is 4.11. The molecule has 0 radical (unpaired) electrons. The summed E-state index contributed by atoms with van der Waals surface area (Å²) in [7, 11) is 0. The lowest BCUT2D eigenvalue weighted by Gasteiger charge is -2.09. The van der Waals surface area contributed by atoms with Gasteiger partial charge in [0.1, 0.15) is 0 Å². The summed E-state index contributed by atoms with van der Waals surface area (Å²) in [6.07, 6.45) is 1.04. The number of hydrogen-bond donors (Lipinski definition) is 2. The Bertz CT molecular complexity index is 329. The van der Waals surface area contributed by atoms with Crippen LogP contribution in [0.15, 0.2) is 12.1 Å². The molecule has 0 aliphatic carbocycles. The molecule has 1 amide bonds. The van der Waals surface area contributed by atoms with Gasteiger partial charge in [0.25, 0.3) is 5.91 Å². The second-order valence-corrected chi connectivity index (χ2v) is 4.86. The van der Waals surface area contributed by atoms with E-state index in [0.29, 0.717) is 6.04 Å². The van der Waals surface area contributed by atoms with Crippen LogP contribution >= 0.6 is 11.3 Å².